The second-order valence-corrected chi connectivity index (χ2v) is 6.53. The van der Waals surface area contributed by atoms with Crippen LogP contribution >= 0.6 is 0 Å². The summed E-state index contributed by atoms with van der Waals surface area (Å²) in [5.41, 5.74) is 0. The SMILES string of the molecule is CC(=O)Oc1ccc(S(=O)(=O)c2ccccc2OC(C)=O)cc1. The number of esters is 2. The van der Waals surface area contributed by atoms with Crippen LogP contribution in [-0.2, 0) is 19.4 Å². The largest absolute Gasteiger partial charge is 0.427 e. The second kappa shape index (κ2) is 6.62. The van der Waals surface area contributed by atoms with Crippen molar-refractivity contribution in [1.82, 2.24) is 0 Å². The van der Waals surface area contributed by atoms with Crippen molar-refractivity contribution in [2.75, 3.05) is 0 Å². The molecule has 0 radical (unpaired) electrons. The maximum atomic E-state index is 12.7. The Hall–Kier alpha value is -2.67. The molecule has 2 aromatic rings. The van der Waals surface area contributed by atoms with Crippen molar-refractivity contribution in [1.29, 1.82) is 0 Å². The molecular formula is C16H14O6S. The van der Waals surface area contributed by atoms with Gasteiger partial charge in [-0.1, -0.05) is 12.1 Å². The second-order valence-electron chi connectivity index (χ2n) is 4.61. The summed E-state index contributed by atoms with van der Waals surface area (Å²) >= 11 is 0. The van der Waals surface area contributed by atoms with Crippen molar-refractivity contribution < 1.29 is 27.5 Å². The fourth-order valence-corrected chi connectivity index (χ4v) is 3.27. The topological polar surface area (TPSA) is 86.7 Å². The summed E-state index contributed by atoms with van der Waals surface area (Å²) in [5, 5.41) is 0. The summed E-state index contributed by atoms with van der Waals surface area (Å²) in [6, 6.07) is 11.3. The number of rotatable bonds is 4. The predicted octanol–water partition coefficient (Wildman–Crippen LogP) is 2.37. The van der Waals surface area contributed by atoms with Crippen LogP contribution in [0.15, 0.2) is 58.3 Å². The Bertz CT molecular complexity index is 837. The van der Waals surface area contributed by atoms with Crippen LogP contribution in [0.2, 0.25) is 0 Å². The first-order valence-electron chi connectivity index (χ1n) is 6.62. The van der Waals surface area contributed by atoms with Crippen molar-refractivity contribution in [2.45, 2.75) is 23.6 Å². The van der Waals surface area contributed by atoms with Crippen LogP contribution < -0.4 is 9.47 Å². The smallest absolute Gasteiger partial charge is 0.308 e. The molecule has 120 valence electrons. The fourth-order valence-electron chi connectivity index (χ4n) is 1.89. The van der Waals surface area contributed by atoms with Gasteiger partial charge in [-0.25, -0.2) is 8.42 Å². The highest BCUT2D eigenvalue weighted by atomic mass is 32.2. The Morgan fingerprint density at radius 1 is 0.826 bits per heavy atom. The van der Waals surface area contributed by atoms with Gasteiger partial charge in [0.2, 0.25) is 9.84 Å². The minimum absolute atomic E-state index is 0.00648. The van der Waals surface area contributed by atoms with Gasteiger partial charge in [0.15, 0.2) is 0 Å². The van der Waals surface area contributed by atoms with Gasteiger partial charge in [0, 0.05) is 13.8 Å². The van der Waals surface area contributed by atoms with Crippen LogP contribution in [-0.4, -0.2) is 20.4 Å². The van der Waals surface area contributed by atoms with Crippen LogP contribution in [0.25, 0.3) is 0 Å². The number of carbonyl (C=O) groups excluding carboxylic acids is 2. The molecule has 0 saturated heterocycles. The Balaban J connectivity index is 2.42. The van der Waals surface area contributed by atoms with E-state index in [4.69, 9.17) is 9.47 Å². The number of hydrogen-bond donors (Lipinski definition) is 0. The molecular weight excluding hydrogens is 320 g/mol. The number of hydrogen-bond acceptors (Lipinski definition) is 6. The molecule has 0 aliphatic heterocycles. The van der Waals surface area contributed by atoms with E-state index in [1.165, 1.54) is 56.3 Å². The average molecular weight is 334 g/mol. The van der Waals surface area contributed by atoms with Gasteiger partial charge in [0.25, 0.3) is 0 Å². The highest BCUT2D eigenvalue weighted by molar-refractivity contribution is 7.91. The van der Waals surface area contributed by atoms with Crippen molar-refractivity contribution in [3.05, 3.63) is 48.5 Å². The van der Waals surface area contributed by atoms with Gasteiger partial charge >= 0.3 is 11.9 Å². The van der Waals surface area contributed by atoms with Crippen LogP contribution in [0.3, 0.4) is 0 Å². The van der Waals surface area contributed by atoms with Gasteiger partial charge in [-0.05, 0) is 36.4 Å². The first-order chi connectivity index (χ1) is 10.8. The Morgan fingerprint density at radius 3 is 1.96 bits per heavy atom. The van der Waals surface area contributed by atoms with Gasteiger partial charge in [0.05, 0.1) is 4.90 Å². The summed E-state index contributed by atoms with van der Waals surface area (Å²) in [7, 11) is -3.88. The number of benzene rings is 2. The first-order valence-corrected chi connectivity index (χ1v) is 8.10. The zero-order valence-corrected chi connectivity index (χ0v) is 13.3. The highest BCUT2D eigenvalue weighted by Gasteiger charge is 2.22. The zero-order valence-electron chi connectivity index (χ0n) is 12.5. The van der Waals surface area contributed by atoms with E-state index < -0.39 is 21.8 Å². The summed E-state index contributed by atoms with van der Waals surface area (Å²) in [6.07, 6.45) is 0. The Morgan fingerprint density at radius 2 is 1.39 bits per heavy atom. The zero-order chi connectivity index (χ0) is 17.0. The lowest BCUT2D eigenvalue weighted by molar-refractivity contribution is -0.132. The van der Waals surface area contributed by atoms with Gasteiger partial charge < -0.3 is 9.47 Å². The van der Waals surface area contributed by atoms with E-state index in [9.17, 15) is 18.0 Å². The first kappa shape index (κ1) is 16.7. The Kier molecular flexibility index (Phi) is 4.80. The van der Waals surface area contributed by atoms with Gasteiger partial charge in [0.1, 0.15) is 16.4 Å². The number of sulfone groups is 1. The molecule has 2 aromatic carbocycles. The lowest BCUT2D eigenvalue weighted by Crippen LogP contribution is -2.08. The summed E-state index contributed by atoms with van der Waals surface area (Å²) in [6.45, 7) is 2.44. The molecule has 0 N–H and O–H groups in total. The Labute approximate surface area is 133 Å². The molecule has 23 heavy (non-hydrogen) atoms. The monoisotopic (exact) mass is 334 g/mol. The van der Waals surface area contributed by atoms with E-state index in [1.807, 2.05) is 0 Å². The summed E-state index contributed by atoms with van der Waals surface area (Å²) in [4.78, 5) is 21.9. The molecule has 0 spiro atoms. The van der Waals surface area contributed by atoms with Crippen molar-refractivity contribution in [3.63, 3.8) is 0 Å². The van der Waals surface area contributed by atoms with Crippen LogP contribution in [0.4, 0.5) is 0 Å². The third kappa shape index (κ3) is 3.95. The highest BCUT2D eigenvalue weighted by Crippen LogP contribution is 2.30. The summed E-state index contributed by atoms with van der Waals surface area (Å²) < 4.78 is 35.1. The standard InChI is InChI=1S/C16H14O6S/c1-11(17)21-13-7-9-14(10-8-13)23(19,20)16-6-4-3-5-15(16)22-12(2)18/h3-10H,1-2H3. The molecule has 0 aliphatic rings. The molecule has 0 fully saturated rings. The molecule has 0 heterocycles. The normalized spacial score (nSPS) is 10.9. The quantitative estimate of drug-likeness (QED) is 0.630. The van der Waals surface area contributed by atoms with E-state index in [0.29, 0.717) is 0 Å². The van der Waals surface area contributed by atoms with E-state index in [0.717, 1.165) is 0 Å². The summed E-state index contributed by atoms with van der Waals surface area (Å²) in [5.74, 6) is -0.910. The molecule has 0 unspecified atom stereocenters. The minimum atomic E-state index is -3.88. The predicted molar refractivity (Wildman–Crippen MR) is 81.0 cm³/mol. The maximum Gasteiger partial charge on any atom is 0.308 e. The van der Waals surface area contributed by atoms with Crippen molar-refractivity contribution >= 4 is 21.8 Å². The molecule has 6 nitrogen and oxygen atoms in total. The molecule has 7 heteroatoms. The average Bonchev–Trinajstić information content (AvgIpc) is 2.47. The van der Waals surface area contributed by atoms with Gasteiger partial charge in [-0.3, -0.25) is 9.59 Å². The fraction of sp³-hybridized carbons (Fsp3) is 0.125. The van der Waals surface area contributed by atoms with E-state index in [2.05, 4.69) is 0 Å². The maximum absolute atomic E-state index is 12.7. The van der Waals surface area contributed by atoms with E-state index in [-0.39, 0.29) is 21.3 Å². The van der Waals surface area contributed by atoms with Crippen molar-refractivity contribution in [2.24, 2.45) is 0 Å². The third-order valence-electron chi connectivity index (χ3n) is 2.79. The molecule has 0 bridgehead atoms. The van der Waals surface area contributed by atoms with Crippen LogP contribution in [0, 0.1) is 0 Å². The molecule has 0 atom stereocenters. The van der Waals surface area contributed by atoms with E-state index >= 15 is 0 Å². The lowest BCUT2D eigenvalue weighted by Gasteiger charge is -2.10. The van der Waals surface area contributed by atoms with E-state index in [1.54, 1.807) is 6.07 Å². The molecule has 0 saturated carbocycles. The third-order valence-corrected chi connectivity index (χ3v) is 4.60. The lowest BCUT2D eigenvalue weighted by atomic mass is 10.3. The number of carbonyl (C=O) groups is 2. The number of ether oxygens (including phenoxy) is 2. The van der Waals surface area contributed by atoms with Gasteiger partial charge in [-0.15, -0.1) is 0 Å². The van der Waals surface area contributed by atoms with Crippen molar-refractivity contribution in [3.8, 4) is 11.5 Å². The molecule has 0 aromatic heterocycles. The van der Waals surface area contributed by atoms with Crippen LogP contribution in [0.5, 0.6) is 11.5 Å². The molecule has 0 amide bonds. The molecule has 0 aliphatic carbocycles. The molecule has 2 rings (SSSR count). The minimum Gasteiger partial charge on any atom is -0.427 e. The van der Waals surface area contributed by atoms with Gasteiger partial charge in [-0.2, -0.15) is 0 Å². The van der Waals surface area contributed by atoms with Crippen LogP contribution in [0.1, 0.15) is 13.8 Å². The number of para-hydroxylation sites is 1.